The summed E-state index contributed by atoms with van der Waals surface area (Å²) in [5.41, 5.74) is 0. The number of unbranched alkanes of at least 4 members (excludes halogenated alkanes) is 6. The first-order chi connectivity index (χ1) is 15.3. The van der Waals surface area contributed by atoms with Crippen LogP contribution in [0.4, 0.5) is 0 Å². The van der Waals surface area contributed by atoms with Crippen molar-refractivity contribution in [2.45, 2.75) is 113 Å². The zero-order valence-corrected chi connectivity index (χ0v) is 18.7. The molecule has 0 aromatic heterocycles. The summed E-state index contributed by atoms with van der Waals surface area (Å²) in [4.78, 5) is 0. The van der Waals surface area contributed by atoms with Gasteiger partial charge in [-0.25, -0.2) is 0 Å². The van der Waals surface area contributed by atoms with Crippen LogP contribution in [0.1, 0.15) is 51.9 Å². The fraction of sp³-hybridized carbons (Fsp3) is 1.00. The second-order valence-electron chi connectivity index (χ2n) is 8.64. The van der Waals surface area contributed by atoms with Crippen molar-refractivity contribution in [2.75, 3.05) is 19.8 Å². The van der Waals surface area contributed by atoms with Gasteiger partial charge in [-0.1, -0.05) is 45.4 Å². The van der Waals surface area contributed by atoms with Crippen molar-refractivity contribution in [2.24, 2.45) is 0 Å². The van der Waals surface area contributed by atoms with Gasteiger partial charge in [0, 0.05) is 0 Å². The van der Waals surface area contributed by atoms with E-state index in [0.29, 0.717) is 6.54 Å². The number of rotatable bonds is 13. The second kappa shape index (κ2) is 14.1. The first kappa shape index (κ1) is 27.8. The Hall–Kier alpha value is -0.440. The molecule has 0 aliphatic carbocycles. The molecular formula is C21H41NO10. The Labute approximate surface area is 188 Å². The van der Waals surface area contributed by atoms with Crippen molar-refractivity contribution in [3.05, 3.63) is 0 Å². The predicted octanol–water partition coefficient (Wildman–Crippen LogP) is -2.05. The molecule has 2 rings (SSSR count). The summed E-state index contributed by atoms with van der Waals surface area (Å²) >= 11 is 0. The topological polar surface area (TPSA) is 181 Å². The highest BCUT2D eigenvalue weighted by molar-refractivity contribution is 4.95. The summed E-state index contributed by atoms with van der Waals surface area (Å²) < 4.78 is 16.3. The maximum absolute atomic E-state index is 10.6. The van der Waals surface area contributed by atoms with E-state index in [9.17, 15) is 35.7 Å². The van der Waals surface area contributed by atoms with Crippen LogP contribution in [-0.2, 0) is 14.2 Å². The summed E-state index contributed by atoms with van der Waals surface area (Å²) in [5.74, 6) is 0. The van der Waals surface area contributed by atoms with E-state index in [2.05, 4.69) is 12.2 Å². The minimum Gasteiger partial charge on any atom is -0.394 e. The number of aliphatic hydroxyl groups excluding tert-OH is 7. The Morgan fingerprint density at radius 3 is 1.78 bits per heavy atom. The van der Waals surface area contributed by atoms with Crippen LogP contribution in [0.15, 0.2) is 0 Å². The lowest BCUT2D eigenvalue weighted by Gasteiger charge is -2.45. The highest BCUT2D eigenvalue weighted by atomic mass is 16.8. The largest absolute Gasteiger partial charge is 0.394 e. The SMILES string of the molecule is CCCCCCCCCN[C@@H]1C(CO)O[C@H](O[C@H]2O[C@H](CO)[C@@H](O)C(O)C2O)C(O)[C@H]1O. The molecule has 0 spiro atoms. The molecule has 4 unspecified atom stereocenters. The Morgan fingerprint density at radius 1 is 0.656 bits per heavy atom. The lowest BCUT2D eigenvalue weighted by molar-refractivity contribution is -0.370. The van der Waals surface area contributed by atoms with Crippen molar-refractivity contribution in [1.82, 2.24) is 5.32 Å². The molecule has 0 bridgehead atoms. The van der Waals surface area contributed by atoms with Crippen molar-refractivity contribution < 1.29 is 50.0 Å². The summed E-state index contributed by atoms with van der Waals surface area (Å²) in [7, 11) is 0. The monoisotopic (exact) mass is 467 g/mol. The summed E-state index contributed by atoms with van der Waals surface area (Å²) in [6.45, 7) is 1.67. The predicted molar refractivity (Wildman–Crippen MR) is 112 cm³/mol. The van der Waals surface area contributed by atoms with Gasteiger partial charge in [0.2, 0.25) is 0 Å². The average Bonchev–Trinajstić information content (AvgIpc) is 2.79. The number of nitrogens with one attached hydrogen (secondary N) is 1. The molecule has 0 aromatic rings. The first-order valence-electron chi connectivity index (χ1n) is 11.7. The highest BCUT2D eigenvalue weighted by Crippen LogP contribution is 2.28. The normalized spacial score (nSPS) is 40.5. The molecule has 11 heteroatoms. The first-order valence-corrected chi connectivity index (χ1v) is 11.7. The van der Waals surface area contributed by atoms with Gasteiger partial charge in [0.1, 0.15) is 42.7 Å². The standard InChI is InChI=1S/C21H41NO10/c1-2-3-4-5-6-7-8-9-22-14-12(10-23)30-20(18(28)16(14)26)32-21-19(29)17(27)15(25)13(11-24)31-21/h12-29H,2-11H2,1H3/t12?,13-,14-,15-,16+,17?,18?,19?,20-,21-/m1/s1. The Kier molecular flexibility index (Phi) is 12.2. The summed E-state index contributed by atoms with van der Waals surface area (Å²) in [5, 5.41) is 73.0. The number of ether oxygens (including phenoxy) is 3. The van der Waals surface area contributed by atoms with E-state index in [1.165, 1.54) is 25.7 Å². The van der Waals surface area contributed by atoms with Crippen LogP contribution < -0.4 is 5.32 Å². The molecule has 8 N–H and O–H groups in total. The van der Waals surface area contributed by atoms with E-state index < -0.39 is 74.6 Å². The molecule has 0 amide bonds. The molecule has 11 nitrogen and oxygen atoms in total. The average molecular weight is 468 g/mol. The smallest absolute Gasteiger partial charge is 0.189 e. The summed E-state index contributed by atoms with van der Waals surface area (Å²) in [6.07, 6.45) is -4.92. The van der Waals surface area contributed by atoms with Gasteiger partial charge in [0.15, 0.2) is 12.6 Å². The number of hydrogen-bond donors (Lipinski definition) is 8. The Morgan fingerprint density at radius 2 is 1.19 bits per heavy atom. The third-order valence-electron chi connectivity index (χ3n) is 6.16. The molecule has 190 valence electrons. The fourth-order valence-corrected chi connectivity index (χ4v) is 4.11. The van der Waals surface area contributed by atoms with E-state index in [1.54, 1.807) is 0 Å². The van der Waals surface area contributed by atoms with E-state index in [4.69, 9.17) is 14.2 Å². The molecule has 0 radical (unpaired) electrons. The van der Waals surface area contributed by atoms with Crippen LogP contribution in [0.25, 0.3) is 0 Å². The van der Waals surface area contributed by atoms with Crippen LogP contribution in [0.3, 0.4) is 0 Å². The lowest BCUT2D eigenvalue weighted by atomic mass is 9.95. The van der Waals surface area contributed by atoms with Crippen molar-refractivity contribution in [3.8, 4) is 0 Å². The molecule has 2 aliphatic rings. The van der Waals surface area contributed by atoms with Crippen LogP contribution in [-0.4, -0.2) is 117 Å². The van der Waals surface area contributed by atoms with Gasteiger partial charge in [-0.05, 0) is 13.0 Å². The van der Waals surface area contributed by atoms with Crippen LogP contribution >= 0.6 is 0 Å². The Bertz CT molecular complexity index is 511. The van der Waals surface area contributed by atoms with Gasteiger partial charge < -0.3 is 55.3 Å². The minimum absolute atomic E-state index is 0.451. The van der Waals surface area contributed by atoms with Gasteiger partial charge in [-0.15, -0.1) is 0 Å². The molecule has 0 aromatic carbocycles. The van der Waals surface area contributed by atoms with Gasteiger partial charge in [-0.2, -0.15) is 0 Å². The van der Waals surface area contributed by atoms with Gasteiger partial charge in [0.05, 0.1) is 19.3 Å². The maximum atomic E-state index is 10.6. The van der Waals surface area contributed by atoms with Gasteiger partial charge in [0.25, 0.3) is 0 Å². The number of hydrogen-bond acceptors (Lipinski definition) is 11. The minimum atomic E-state index is -1.68. The van der Waals surface area contributed by atoms with Crippen LogP contribution in [0, 0.1) is 0 Å². The maximum Gasteiger partial charge on any atom is 0.189 e. The number of aliphatic hydroxyl groups is 7. The van der Waals surface area contributed by atoms with E-state index in [0.717, 1.165) is 19.3 Å². The van der Waals surface area contributed by atoms with Crippen LogP contribution in [0.2, 0.25) is 0 Å². The Balaban J connectivity index is 1.85. The third kappa shape index (κ3) is 7.28. The highest BCUT2D eigenvalue weighted by Gasteiger charge is 2.49. The molecule has 2 heterocycles. The molecule has 0 saturated carbocycles. The lowest BCUT2D eigenvalue weighted by Crippen LogP contribution is -2.66. The van der Waals surface area contributed by atoms with E-state index in [-0.39, 0.29) is 0 Å². The molecule has 32 heavy (non-hydrogen) atoms. The summed E-state index contributed by atoms with van der Waals surface area (Å²) in [6, 6.07) is -0.732. The quantitative estimate of drug-likeness (QED) is 0.140. The zero-order chi connectivity index (χ0) is 23.7. The molecule has 2 aliphatic heterocycles. The van der Waals surface area contributed by atoms with E-state index >= 15 is 0 Å². The van der Waals surface area contributed by atoms with Crippen molar-refractivity contribution in [1.29, 1.82) is 0 Å². The van der Waals surface area contributed by atoms with Gasteiger partial charge in [-0.3, -0.25) is 0 Å². The zero-order valence-electron chi connectivity index (χ0n) is 18.7. The molecule has 10 atom stereocenters. The van der Waals surface area contributed by atoms with Crippen molar-refractivity contribution >= 4 is 0 Å². The third-order valence-corrected chi connectivity index (χ3v) is 6.16. The van der Waals surface area contributed by atoms with Gasteiger partial charge >= 0.3 is 0 Å². The van der Waals surface area contributed by atoms with Crippen molar-refractivity contribution in [3.63, 3.8) is 0 Å². The molecule has 2 fully saturated rings. The molecule has 2 saturated heterocycles. The van der Waals surface area contributed by atoms with E-state index in [1.807, 2.05) is 0 Å². The van der Waals surface area contributed by atoms with Crippen LogP contribution in [0.5, 0.6) is 0 Å². The molecular weight excluding hydrogens is 426 g/mol. The fourth-order valence-electron chi connectivity index (χ4n) is 4.11. The second-order valence-corrected chi connectivity index (χ2v) is 8.64.